The van der Waals surface area contributed by atoms with Gasteiger partial charge in [-0.3, -0.25) is 14.5 Å². The van der Waals surface area contributed by atoms with E-state index in [0.29, 0.717) is 17.0 Å². The predicted octanol–water partition coefficient (Wildman–Crippen LogP) is 4.89. The Balaban J connectivity index is 1.50. The molecular formula is C27H27N3O3. The van der Waals surface area contributed by atoms with E-state index in [1.807, 2.05) is 44.2 Å². The van der Waals surface area contributed by atoms with E-state index in [0.717, 1.165) is 35.5 Å². The maximum absolute atomic E-state index is 13.5. The number of imide groups is 1. The van der Waals surface area contributed by atoms with E-state index in [-0.39, 0.29) is 18.4 Å². The largest absolute Gasteiger partial charge is 0.467 e. The number of hydrogen-bond donors (Lipinski definition) is 1. The highest BCUT2D eigenvalue weighted by atomic mass is 16.3. The predicted molar refractivity (Wildman–Crippen MR) is 129 cm³/mol. The van der Waals surface area contributed by atoms with Gasteiger partial charge in [0.25, 0.3) is 11.8 Å². The molecule has 0 saturated carbocycles. The molecule has 0 aliphatic carbocycles. The van der Waals surface area contributed by atoms with Gasteiger partial charge in [-0.25, -0.2) is 0 Å². The van der Waals surface area contributed by atoms with Gasteiger partial charge in [0.05, 0.1) is 18.4 Å². The van der Waals surface area contributed by atoms with Crippen molar-refractivity contribution in [3.05, 3.63) is 89.0 Å². The molecule has 0 bridgehead atoms. The van der Waals surface area contributed by atoms with Gasteiger partial charge in [-0.15, -0.1) is 0 Å². The average Bonchev–Trinajstić information content (AvgIpc) is 3.56. The number of hydrogen-bond acceptors (Lipinski definition) is 5. The number of aryl methyl sites for hydroxylation is 2. The Hall–Kier alpha value is -3.80. The third kappa shape index (κ3) is 4.04. The van der Waals surface area contributed by atoms with Crippen LogP contribution < -0.4 is 10.2 Å². The number of rotatable bonds is 6. The Kier molecular flexibility index (Phi) is 5.50. The molecule has 1 N–H and O–H groups in total. The van der Waals surface area contributed by atoms with Crippen molar-refractivity contribution in [2.24, 2.45) is 0 Å². The van der Waals surface area contributed by atoms with Gasteiger partial charge >= 0.3 is 0 Å². The van der Waals surface area contributed by atoms with Crippen LogP contribution in [0.1, 0.15) is 35.3 Å². The molecule has 0 unspecified atom stereocenters. The standard InChI is InChI=1S/C27H27N3O3/c1-18-7-12-23(19(2)16-18)24-25(27(32)30(26(24)31)17-22-6-5-15-33-22)28-20-8-10-21(11-9-20)29-13-3-4-14-29/h5-12,15-16,28H,3-4,13-14,17H2,1-2H3. The summed E-state index contributed by atoms with van der Waals surface area (Å²) >= 11 is 0. The molecule has 33 heavy (non-hydrogen) atoms. The van der Waals surface area contributed by atoms with Crippen molar-refractivity contribution < 1.29 is 14.0 Å². The quantitative estimate of drug-likeness (QED) is 0.552. The zero-order valence-corrected chi connectivity index (χ0v) is 18.9. The Morgan fingerprint density at radius 1 is 0.939 bits per heavy atom. The van der Waals surface area contributed by atoms with Crippen molar-refractivity contribution in [2.75, 3.05) is 23.3 Å². The number of nitrogens with zero attached hydrogens (tertiary/aromatic N) is 2. The van der Waals surface area contributed by atoms with Gasteiger partial charge in [0, 0.05) is 24.5 Å². The summed E-state index contributed by atoms with van der Waals surface area (Å²) < 4.78 is 5.40. The van der Waals surface area contributed by atoms with Crippen LogP contribution in [0.5, 0.6) is 0 Å². The Morgan fingerprint density at radius 2 is 1.70 bits per heavy atom. The Morgan fingerprint density at radius 3 is 2.36 bits per heavy atom. The number of amides is 2. The molecule has 2 aliphatic rings. The molecule has 1 saturated heterocycles. The minimum absolute atomic E-state index is 0.0954. The van der Waals surface area contributed by atoms with Crippen molar-refractivity contribution >= 4 is 28.8 Å². The van der Waals surface area contributed by atoms with Crippen molar-refractivity contribution in [1.82, 2.24) is 4.90 Å². The lowest BCUT2D eigenvalue weighted by Gasteiger charge is -2.18. The van der Waals surface area contributed by atoms with Crippen molar-refractivity contribution in [3.63, 3.8) is 0 Å². The van der Waals surface area contributed by atoms with Gasteiger partial charge in [0.1, 0.15) is 11.5 Å². The molecule has 6 nitrogen and oxygen atoms in total. The molecule has 0 spiro atoms. The fourth-order valence-corrected chi connectivity index (χ4v) is 4.61. The first-order chi connectivity index (χ1) is 16.0. The average molecular weight is 442 g/mol. The van der Waals surface area contributed by atoms with Crippen LogP contribution in [0, 0.1) is 13.8 Å². The summed E-state index contributed by atoms with van der Waals surface area (Å²) in [5, 5.41) is 3.26. The molecule has 5 rings (SSSR count). The molecule has 0 radical (unpaired) electrons. The van der Waals surface area contributed by atoms with E-state index in [1.165, 1.54) is 23.4 Å². The minimum Gasteiger partial charge on any atom is -0.467 e. The first-order valence-corrected chi connectivity index (χ1v) is 11.3. The first kappa shape index (κ1) is 21.1. The number of nitrogens with one attached hydrogen (secondary N) is 1. The zero-order chi connectivity index (χ0) is 22.9. The maximum atomic E-state index is 13.5. The lowest BCUT2D eigenvalue weighted by molar-refractivity contribution is -0.137. The first-order valence-electron chi connectivity index (χ1n) is 11.3. The number of carbonyl (C=O) groups excluding carboxylic acids is 2. The summed E-state index contributed by atoms with van der Waals surface area (Å²) in [6, 6.07) is 17.5. The van der Waals surface area contributed by atoms with Gasteiger partial charge in [-0.1, -0.05) is 23.8 Å². The van der Waals surface area contributed by atoms with Crippen molar-refractivity contribution in [3.8, 4) is 0 Å². The highest BCUT2D eigenvalue weighted by Gasteiger charge is 2.40. The lowest BCUT2D eigenvalue weighted by Crippen LogP contribution is -2.31. The van der Waals surface area contributed by atoms with Crippen molar-refractivity contribution in [1.29, 1.82) is 0 Å². The van der Waals surface area contributed by atoms with E-state index in [1.54, 1.807) is 18.4 Å². The van der Waals surface area contributed by atoms with Gasteiger partial charge in [-0.05, 0) is 74.2 Å². The molecule has 3 heterocycles. The Bertz CT molecular complexity index is 1220. The molecule has 6 heteroatoms. The van der Waals surface area contributed by atoms with E-state index in [4.69, 9.17) is 4.42 Å². The molecule has 1 aromatic heterocycles. The van der Waals surface area contributed by atoms with Crippen LogP contribution in [-0.2, 0) is 16.1 Å². The smallest absolute Gasteiger partial charge is 0.278 e. The molecule has 1 fully saturated rings. The topological polar surface area (TPSA) is 65.8 Å². The third-order valence-corrected chi connectivity index (χ3v) is 6.32. The van der Waals surface area contributed by atoms with Crippen LogP contribution in [0.3, 0.4) is 0 Å². The summed E-state index contributed by atoms with van der Waals surface area (Å²) in [5.74, 6) is -0.109. The molecule has 2 aliphatic heterocycles. The second-order valence-corrected chi connectivity index (χ2v) is 8.71. The number of furan rings is 1. The summed E-state index contributed by atoms with van der Waals surface area (Å²) in [6.45, 7) is 6.22. The third-order valence-electron chi connectivity index (χ3n) is 6.32. The molecule has 168 valence electrons. The minimum atomic E-state index is -0.352. The fourth-order valence-electron chi connectivity index (χ4n) is 4.61. The number of anilines is 2. The van der Waals surface area contributed by atoms with E-state index in [2.05, 4.69) is 22.3 Å². The van der Waals surface area contributed by atoms with Gasteiger partial charge in [0.2, 0.25) is 0 Å². The fraction of sp³-hybridized carbons (Fsp3) is 0.259. The van der Waals surface area contributed by atoms with Crippen LogP contribution >= 0.6 is 0 Å². The molecule has 2 aromatic carbocycles. The summed E-state index contributed by atoms with van der Waals surface area (Å²) in [6.07, 6.45) is 3.97. The highest BCUT2D eigenvalue weighted by molar-refractivity contribution is 6.36. The van der Waals surface area contributed by atoms with Crippen LogP contribution in [-0.4, -0.2) is 29.8 Å². The molecule has 3 aromatic rings. The summed E-state index contributed by atoms with van der Waals surface area (Å²) in [4.78, 5) is 30.5. The monoisotopic (exact) mass is 441 g/mol. The zero-order valence-electron chi connectivity index (χ0n) is 18.9. The Labute approximate surface area is 193 Å². The van der Waals surface area contributed by atoms with Gasteiger partial charge < -0.3 is 14.6 Å². The van der Waals surface area contributed by atoms with Gasteiger partial charge in [0.15, 0.2) is 0 Å². The van der Waals surface area contributed by atoms with Crippen LogP contribution in [0.25, 0.3) is 5.57 Å². The number of carbonyl (C=O) groups is 2. The SMILES string of the molecule is Cc1ccc(C2=C(Nc3ccc(N4CCCC4)cc3)C(=O)N(Cc3ccco3)C2=O)c(C)c1. The second-order valence-electron chi connectivity index (χ2n) is 8.71. The summed E-state index contributed by atoms with van der Waals surface area (Å²) in [5.41, 5.74) is 5.46. The number of benzene rings is 2. The maximum Gasteiger partial charge on any atom is 0.278 e. The van der Waals surface area contributed by atoms with Crippen LogP contribution in [0.2, 0.25) is 0 Å². The second kappa shape index (κ2) is 8.62. The van der Waals surface area contributed by atoms with E-state index < -0.39 is 0 Å². The highest BCUT2D eigenvalue weighted by Crippen LogP contribution is 2.34. The molecule has 0 atom stereocenters. The summed E-state index contributed by atoms with van der Waals surface area (Å²) in [7, 11) is 0. The van der Waals surface area contributed by atoms with Crippen molar-refractivity contribution in [2.45, 2.75) is 33.2 Å². The van der Waals surface area contributed by atoms with Crippen LogP contribution in [0.15, 0.2) is 71.0 Å². The van der Waals surface area contributed by atoms with Crippen LogP contribution in [0.4, 0.5) is 11.4 Å². The molecule has 2 amide bonds. The molecular weight excluding hydrogens is 414 g/mol. The lowest BCUT2D eigenvalue weighted by atomic mass is 9.97. The van der Waals surface area contributed by atoms with Gasteiger partial charge in [-0.2, -0.15) is 0 Å². The normalized spacial score (nSPS) is 16.3. The van der Waals surface area contributed by atoms with E-state index >= 15 is 0 Å². The van der Waals surface area contributed by atoms with E-state index in [9.17, 15) is 9.59 Å².